The van der Waals surface area contributed by atoms with Crippen LogP contribution in [0.2, 0.25) is 0 Å². The third-order valence-corrected chi connectivity index (χ3v) is 6.06. The van der Waals surface area contributed by atoms with Gasteiger partial charge in [-0.25, -0.2) is 8.42 Å². The first kappa shape index (κ1) is 15.4. The van der Waals surface area contributed by atoms with E-state index < -0.39 is 9.84 Å². The van der Waals surface area contributed by atoms with Gasteiger partial charge in [0.1, 0.15) is 9.84 Å². The van der Waals surface area contributed by atoms with Gasteiger partial charge in [0, 0.05) is 17.1 Å². The van der Waals surface area contributed by atoms with Gasteiger partial charge in [0.25, 0.3) is 0 Å². The lowest BCUT2D eigenvalue weighted by molar-refractivity contribution is 0.219. The number of halogens is 1. The fourth-order valence-corrected chi connectivity index (χ4v) is 3.93. The molecule has 1 rings (SSSR count). The summed E-state index contributed by atoms with van der Waals surface area (Å²) in [5.41, 5.74) is 0. The molecule has 0 aliphatic carbocycles. The van der Waals surface area contributed by atoms with Crippen LogP contribution in [0.3, 0.4) is 0 Å². The van der Waals surface area contributed by atoms with Crippen LogP contribution in [0.1, 0.15) is 39.0 Å². The van der Waals surface area contributed by atoms with E-state index in [0.29, 0.717) is 11.8 Å². The highest BCUT2D eigenvalue weighted by molar-refractivity contribution is 9.09. The Labute approximate surface area is 114 Å². The van der Waals surface area contributed by atoms with Crippen LogP contribution < -0.4 is 0 Å². The van der Waals surface area contributed by atoms with E-state index in [1.54, 1.807) is 6.92 Å². The summed E-state index contributed by atoms with van der Waals surface area (Å²) < 4.78 is 22.9. The fourth-order valence-electron chi connectivity index (χ4n) is 2.34. The van der Waals surface area contributed by atoms with E-state index in [2.05, 4.69) is 20.8 Å². The number of alkyl halides is 1. The van der Waals surface area contributed by atoms with E-state index in [0.717, 1.165) is 24.8 Å². The number of hydrogen-bond donors (Lipinski definition) is 0. The van der Waals surface area contributed by atoms with Gasteiger partial charge in [-0.3, -0.25) is 4.90 Å². The topological polar surface area (TPSA) is 37.4 Å². The first-order valence-electron chi connectivity index (χ1n) is 6.59. The molecule has 102 valence electrons. The van der Waals surface area contributed by atoms with Gasteiger partial charge in [0.2, 0.25) is 0 Å². The highest BCUT2D eigenvalue weighted by Gasteiger charge is 2.20. The second-order valence-corrected chi connectivity index (χ2v) is 7.90. The molecule has 0 bridgehead atoms. The Morgan fingerprint density at radius 3 is 2.71 bits per heavy atom. The molecule has 5 heteroatoms. The van der Waals surface area contributed by atoms with Crippen LogP contribution in [-0.2, 0) is 9.84 Å². The zero-order chi connectivity index (χ0) is 12.7. The smallest absolute Gasteiger partial charge is 0.150 e. The van der Waals surface area contributed by atoms with Gasteiger partial charge in [-0.1, -0.05) is 35.7 Å². The number of sulfone groups is 1. The Hall–Kier alpha value is 0.390. The summed E-state index contributed by atoms with van der Waals surface area (Å²) in [5.74, 6) is 0.615. The van der Waals surface area contributed by atoms with Crippen molar-refractivity contribution >= 4 is 25.8 Å². The van der Waals surface area contributed by atoms with Gasteiger partial charge in [-0.05, 0) is 32.4 Å². The molecular weight excluding hydrogens is 302 g/mol. The molecule has 0 aromatic heterocycles. The summed E-state index contributed by atoms with van der Waals surface area (Å²) in [5, 5.41) is 1.01. The molecule has 1 atom stereocenters. The van der Waals surface area contributed by atoms with Crippen molar-refractivity contribution in [1.29, 1.82) is 0 Å². The molecule has 1 heterocycles. The molecule has 1 saturated heterocycles. The maximum absolute atomic E-state index is 11.4. The molecule has 0 radical (unpaired) electrons. The lowest BCUT2D eigenvalue weighted by Crippen LogP contribution is -2.37. The van der Waals surface area contributed by atoms with E-state index in [4.69, 9.17) is 0 Å². The normalized spacial score (nSPS) is 23.5. The highest BCUT2D eigenvalue weighted by atomic mass is 79.9. The minimum absolute atomic E-state index is 0.273. The molecule has 1 unspecified atom stereocenters. The van der Waals surface area contributed by atoms with Gasteiger partial charge < -0.3 is 0 Å². The molecule has 1 fully saturated rings. The predicted molar refractivity (Wildman–Crippen MR) is 76.6 cm³/mol. The summed E-state index contributed by atoms with van der Waals surface area (Å²) >= 11 is 3.57. The standard InChI is InChI=1S/C12H24BrNO2S/c1-2-17(15,16)10-6-9-14-8-5-3-4-7-12(14)11-13/h12H,2-11H2,1H3. The second kappa shape index (κ2) is 7.74. The lowest BCUT2D eigenvalue weighted by Gasteiger charge is -2.28. The molecule has 0 amide bonds. The van der Waals surface area contributed by atoms with Crippen molar-refractivity contribution in [2.24, 2.45) is 0 Å². The Morgan fingerprint density at radius 1 is 1.29 bits per heavy atom. The van der Waals surface area contributed by atoms with Crippen LogP contribution in [0.5, 0.6) is 0 Å². The summed E-state index contributed by atoms with van der Waals surface area (Å²) in [7, 11) is -2.79. The third kappa shape index (κ3) is 5.71. The maximum atomic E-state index is 11.4. The van der Waals surface area contributed by atoms with Crippen LogP contribution >= 0.6 is 15.9 Å². The van der Waals surface area contributed by atoms with E-state index in [1.165, 1.54) is 25.7 Å². The van der Waals surface area contributed by atoms with Gasteiger partial charge >= 0.3 is 0 Å². The number of likely N-dealkylation sites (tertiary alicyclic amines) is 1. The number of nitrogens with zero attached hydrogens (tertiary/aromatic N) is 1. The van der Waals surface area contributed by atoms with Crippen LogP contribution in [-0.4, -0.2) is 49.3 Å². The quantitative estimate of drug-likeness (QED) is 0.704. The van der Waals surface area contributed by atoms with E-state index in [-0.39, 0.29) is 5.75 Å². The van der Waals surface area contributed by atoms with Crippen LogP contribution in [0.25, 0.3) is 0 Å². The van der Waals surface area contributed by atoms with Crippen molar-refractivity contribution in [3.05, 3.63) is 0 Å². The zero-order valence-electron chi connectivity index (χ0n) is 10.7. The van der Waals surface area contributed by atoms with Crippen molar-refractivity contribution in [3.8, 4) is 0 Å². The molecule has 1 aliphatic rings. The number of rotatable bonds is 6. The van der Waals surface area contributed by atoms with E-state index in [1.807, 2.05) is 0 Å². The van der Waals surface area contributed by atoms with E-state index in [9.17, 15) is 8.42 Å². The van der Waals surface area contributed by atoms with Crippen molar-refractivity contribution in [3.63, 3.8) is 0 Å². The summed E-state index contributed by atoms with van der Waals surface area (Å²) in [6, 6.07) is 0.599. The first-order valence-corrected chi connectivity index (χ1v) is 9.54. The molecule has 1 aliphatic heterocycles. The van der Waals surface area contributed by atoms with Crippen LogP contribution in [0.15, 0.2) is 0 Å². The number of hydrogen-bond acceptors (Lipinski definition) is 3. The minimum atomic E-state index is -2.79. The average Bonchev–Trinajstić information content (AvgIpc) is 2.54. The monoisotopic (exact) mass is 325 g/mol. The second-order valence-electron chi connectivity index (χ2n) is 4.78. The molecule has 0 saturated carbocycles. The Kier molecular flexibility index (Phi) is 7.04. The van der Waals surface area contributed by atoms with Crippen molar-refractivity contribution < 1.29 is 8.42 Å². The van der Waals surface area contributed by atoms with Crippen molar-refractivity contribution in [2.75, 3.05) is 29.9 Å². The highest BCUT2D eigenvalue weighted by Crippen LogP contribution is 2.18. The fraction of sp³-hybridized carbons (Fsp3) is 1.00. The summed E-state index contributed by atoms with van der Waals surface area (Å²) in [4.78, 5) is 2.47. The van der Waals surface area contributed by atoms with Crippen molar-refractivity contribution in [1.82, 2.24) is 4.90 Å². The Balaban J connectivity index is 2.37. The van der Waals surface area contributed by atoms with Crippen LogP contribution in [0, 0.1) is 0 Å². The van der Waals surface area contributed by atoms with E-state index >= 15 is 0 Å². The van der Waals surface area contributed by atoms with Gasteiger partial charge in [0.15, 0.2) is 0 Å². The van der Waals surface area contributed by atoms with Gasteiger partial charge in [0.05, 0.1) is 5.75 Å². The molecule has 0 spiro atoms. The molecule has 3 nitrogen and oxygen atoms in total. The minimum Gasteiger partial charge on any atom is -0.300 e. The molecule has 17 heavy (non-hydrogen) atoms. The molecule has 0 aromatic rings. The lowest BCUT2D eigenvalue weighted by atomic mass is 10.1. The van der Waals surface area contributed by atoms with Gasteiger partial charge in [-0.15, -0.1) is 0 Å². The molecule has 0 aromatic carbocycles. The first-order chi connectivity index (χ1) is 8.09. The van der Waals surface area contributed by atoms with Gasteiger partial charge in [-0.2, -0.15) is 0 Å². The third-order valence-electron chi connectivity index (χ3n) is 3.52. The zero-order valence-corrected chi connectivity index (χ0v) is 13.1. The largest absolute Gasteiger partial charge is 0.300 e. The molecular formula is C12H24BrNO2S. The summed E-state index contributed by atoms with van der Waals surface area (Å²) in [6.07, 6.45) is 5.89. The van der Waals surface area contributed by atoms with Crippen molar-refractivity contribution in [2.45, 2.75) is 45.1 Å². The molecule has 0 N–H and O–H groups in total. The van der Waals surface area contributed by atoms with Crippen LogP contribution in [0.4, 0.5) is 0 Å². The SMILES string of the molecule is CCS(=O)(=O)CCCN1CCCCCC1CBr. The predicted octanol–water partition coefficient (Wildman–Crippen LogP) is 2.45. The Bertz CT molecular complexity index is 306. The Morgan fingerprint density at radius 2 is 2.06 bits per heavy atom. The summed E-state index contributed by atoms with van der Waals surface area (Å²) in [6.45, 7) is 3.78. The average molecular weight is 326 g/mol. The maximum Gasteiger partial charge on any atom is 0.150 e.